The molecule has 1 fully saturated rings. The number of unbranched alkanes of at least 4 members (excludes halogenated alkanes) is 2. The first-order chi connectivity index (χ1) is 9.70. The minimum atomic E-state index is -6.50. The van der Waals surface area contributed by atoms with Crippen LogP contribution in [0, 0.1) is 0 Å². The van der Waals surface area contributed by atoms with Gasteiger partial charge >= 0.3 is 23.7 Å². The summed E-state index contributed by atoms with van der Waals surface area (Å²) in [6.45, 7) is 1.77. The monoisotopic (exact) mass is 454 g/mol. The van der Waals surface area contributed by atoms with Crippen molar-refractivity contribution in [3.05, 3.63) is 9.66 Å². The molecule has 0 aromatic heterocycles. The van der Waals surface area contributed by atoms with Gasteiger partial charge in [0.2, 0.25) is 0 Å². The van der Waals surface area contributed by atoms with Gasteiger partial charge in [0.05, 0.1) is 0 Å². The maximum atomic E-state index is 14.1. The molecule has 0 radical (unpaired) electrons. The second kappa shape index (κ2) is 5.73. The lowest BCUT2D eigenvalue weighted by molar-refractivity contribution is -0.303. The van der Waals surface area contributed by atoms with E-state index in [-0.39, 0.29) is 6.42 Å². The van der Waals surface area contributed by atoms with Crippen LogP contribution in [0.1, 0.15) is 32.6 Å². The maximum Gasteiger partial charge on any atom is 0.382 e. The Kier molecular flexibility index (Phi) is 5.18. The second-order valence-electron chi connectivity index (χ2n) is 5.06. The highest BCUT2D eigenvalue weighted by atomic mass is 127. The van der Waals surface area contributed by atoms with Crippen molar-refractivity contribution >= 4 is 22.6 Å². The molecule has 0 aliphatic heterocycles. The van der Waals surface area contributed by atoms with E-state index in [0.717, 1.165) is 0 Å². The quantitative estimate of drug-likeness (QED) is 0.266. The van der Waals surface area contributed by atoms with Crippen LogP contribution in [-0.2, 0) is 0 Å². The summed E-state index contributed by atoms with van der Waals surface area (Å²) in [6, 6.07) is 0. The number of hydrogen-bond donors (Lipinski definition) is 0. The SMILES string of the molecule is CCCCCC(I)=CC1(F)C(F)(F)C(F)(F)C(F)(F)C1(F)F. The van der Waals surface area contributed by atoms with Gasteiger partial charge in [-0.2, -0.15) is 35.1 Å². The lowest BCUT2D eigenvalue weighted by Gasteiger charge is -2.28. The van der Waals surface area contributed by atoms with E-state index in [0.29, 0.717) is 19.3 Å². The Hall–Kier alpha value is -0.160. The Balaban J connectivity index is 3.33. The molecule has 1 aliphatic carbocycles. The van der Waals surface area contributed by atoms with E-state index in [9.17, 15) is 39.5 Å². The zero-order valence-electron chi connectivity index (χ0n) is 11.2. The molecular weight excluding hydrogens is 442 g/mol. The summed E-state index contributed by atoms with van der Waals surface area (Å²) in [4.78, 5) is 0. The van der Waals surface area contributed by atoms with Crippen molar-refractivity contribution in [1.82, 2.24) is 0 Å². The van der Waals surface area contributed by atoms with Crippen LogP contribution in [-0.4, -0.2) is 29.4 Å². The highest BCUT2D eigenvalue weighted by Crippen LogP contribution is 2.69. The van der Waals surface area contributed by atoms with Gasteiger partial charge in [-0.1, -0.05) is 19.8 Å². The normalized spacial score (nSPS) is 27.9. The first-order valence-electron chi connectivity index (χ1n) is 6.28. The summed E-state index contributed by atoms with van der Waals surface area (Å²) in [6.07, 6.45) is 0.887. The summed E-state index contributed by atoms with van der Waals surface area (Å²) in [5.41, 5.74) is -5.46. The minimum absolute atomic E-state index is 0.149. The molecule has 10 heteroatoms. The van der Waals surface area contributed by atoms with Crippen LogP contribution in [0.3, 0.4) is 0 Å². The van der Waals surface area contributed by atoms with Crippen molar-refractivity contribution in [3.63, 3.8) is 0 Å². The highest BCUT2D eigenvalue weighted by Gasteiger charge is 3.00. The van der Waals surface area contributed by atoms with Crippen LogP contribution in [0.15, 0.2) is 9.66 Å². The third-order valence-electron chi connectivity index (χ3n) is 3.47. The van der Waals surface area contributed by atoms with Crippen molar-refractivity contribution < 1.29 is 39.5 Å². The maximum absolute atomic E-state index is 14.1. The topological polar surface area (TPSA) is 0 Å². The fourth-order valence-corrected chi connectivity index (χ4v) is 2.87. The largest absolute Gasteiger partial charge is 0.382 e. The fourth-order valence-electron chi connectivity index (χ4n) is 2.06. The van der Waals surface area contributed by atoms with Gasteiger partial charge in [0.15, 0.2) is 0 Å². The standard InChI is InChI=1S/C12H12F9I/c1-2-3-4-5-7(22)6-8(13)9(14,15)11(18,19)12(20,21)10(8,16)17/h6H,2-5H2,1H3. The van der Waals surface area contributed by atoms with Crippen LogP contribution < -0.4 is 0 Å². The molecule has 22 heavy (non-hydrogen) atoms. The van der Waals surface area contributed by atoms with E-state index in [2.05, 4.69) is 0 Å². The van der Waals surface area contributed by atoms with E-state index in [1.807, 2.05) is 0 Å². The molecule has 1 rings (SSSR count). The molecule has 0 bridgehead atoms. The Morgan fingerprint density at radius 2 is 1.18 bits per heavy atom. The molecule has 0 aromatic rings. The smallest absolute Gasteiger partial charge is 0.225 e. The molecular formula is C12H12F9I. The molecule has 1 aliphatic rings. The molecule has 0 nitrogen and oxygen atoms in total. The fraction of sp³-hybridized carbons (Fsp3) is 0.833. The molecule has 0 spiro atoms. The number of halogens is 10. The zero-order valence-corrected chi connectivity index (χ0v) is 13.3. The number of allylic oxidation sites excluding steroid dienone is 2. The van der Waals surface area contributed by atoms with Crippen molar-refractivity contribution in [2.75, 3.05) is 0 Å². The molecule has 0 saturated heterocycles. The highest BCUT2D eigenvalue weighted by molar-refractivity contribution is 14.1. The molecule has 0 heterocycles. The first kappa shape index (κ1) is 19.9. The first-order valence-corrected chi connectivity index (χ1v) is 7.36. The average Bonchev–Trinajstić information content (AvgIpc) is 2.41. The van der Waals surface area contributed by atoms with Crippen LogP contribution >= 0.6 is 22.6 Å². The van der Waals surface area contributed by atoms with Crippen molar-refractivity contribution in [1.29, 1.82) is 0 Å². The van der Waals surface area contributed by atoms with Gasteiger partial charge < -0.3 is 0 Å². The number of rotatable bonds is 5. The summed E-state index contributed by atoms with van der Waals surface area (Å²) in [7, 11) is 0. The lowest BCUT2D eigenvalue weighted by atomic mass is 9.95. The van der Waals surface area contributed by atoms with E-state index in [4.69, 9.17) is 0 Å². The predicted octanol–water partition coefficient (Wildman–Crippen LogP) is 6.15. The summed E-state index contributed by atoms with van der Waals surface area (Å²) in [5.74, 6) is -25.5. The zero-order chi connectivity index (χ0) is 17.6. The number of hydrogen-bond acceptors (Lipinski definition) is 0. The van der Waals surface area contributed by atoms with Crippen LogP contribution in [0.4, 0.5) is 39.5 Å². The molecule has 1 saturated carbocycles. The summed E-state index contributed by atoms with van der Waals surface area (Å²) < 4.78 is 119. The van der Waals surface area contributed by atoms with E-state index in [1.165, 1.54) is 22.6 Å². The Morgan fingerprint density at radius 3 is 1.55 bits per heavy atom. The van der Waals surface area contributed by atoms with Gasteiger partial charge in [-0.15, -0.1) is 0 Å². The van der Waals surface area contributed by atoms with Gasteiger partial charge in [-0.25, -0.2) is 4.39 Å². The summed E-state index contributed by atoms with van der Waals surface area (Å²) >= 11 is 1.20. The molecule has 0 aromatic carbocycles. The van der Waals surface area contributed by atoms with Crippen molar-refractivity contribution in [2.24, 2.45) is 0 Å². The van der Waals surface area contributed by atoms with E-state index >= 15 is 0 Å². The number of alkyl halides is 9. The van der Waals surface area contributed by atoms with Crippen molar-refractivity contribution in [2.45, 2.75) is 62.0 Å². The molecule has 130 valence electrons. The Morgan fingerprint density at radius 1 is 0.773 bits per heavy atom. The van der Waals surface area contributed by atoms with Crippen LogP contribution in [0.5, 0.6) is 0 Å². The Bertz CT molecular complexity index is 430. The van der Waals surface area contributed by atoms with E-state index in [1.54, 1.807) is 6.92 Å². The lowest BCUT2D eigenvalue weighted by Crippen LogP contribution is -2.53. The third kappa shape index (κ3) is 2.34. The average molecular weight is 454 g/mol. The second-order valence-corrected chi connectivity index (χ2v) is 6.44. The van der Waals surface area contributed by atoms with Crippen LogP contribution in [0.25, 0.3) is 0 Å². The molecule has 0 N–H and O–H groups in total. The van der Waals surface area contributed by atoms with Crippen molar-refractivity contribution in [3.8, 4) is 0 Å². The van der Waals surface area contributed by atoms with E-state index < -0.39 is 39.0 Å². The molecule has 0 amide bonds. The van der Waals surface area contributed by atoms with Gasteiger partial charge in [-0.3, -0.25) is 0 Å². The predicted molar refractivity (Wildman–Crippen MR) is 69.9 cm³/mol. The third-order valence-corrected chi connectivity index (χ3v) is 4.32. The van der Waals surface area contributed by atoms with Gasteiger partial charge in [0.25, 0.3) is 5.67 Å². The minimum Gasteiger partial charge on any atom is -0.225 e. The summed E-state index contributed by atoms with van der Waals surface area (Å²) in [5, 5.41) is 0. The Labute approximate surface area is 134 Å². The van der Waals surface area contributed by atoms with Gasteiger partial charge in [-0.05, 0) is 45.1 Å². The molecule has 0 unspecified atom stereocenters. The van der Waals surface area contributed by atoms with Gasteiger partial charge in [0, 0.05) is 0 Å². The molecule has 0 atom stereocenters. The van der Waals surface area contributed by atoms with Crippen LogP contribution in [0.2, 0.25) is 0 Å². The van der Waals surface area contributed by atoms with Gasteiger partial charge in [0.1, 0.15) is 0 Å².